The van der Waals surface area contributed by atoms with E-state index in [2.05, 4.69) is 17.7 Å². The van der Waals surface area contributed by atoms with Crippen molar-refractivity contribution < 1.29 is 0 Å². The molecule has 0 N–H and O–H groups in total. The van der Waals surface area contributed by atoms with Crippen LogP contribution in [0.2, 0.25) is 0 Å². The van der Waals surface area contributed by atoms with Crippen molar-refractivity contribution >= 4 is 41.9 Å². The minimum absolute atomic E-state index is 0. The van der Waals surface area contributed by atoms with Gasteiger partial charge < -0.3 is 0 Å². The maximum absolute atomic E-state index is 2.31. The van der Waals surface area contributed by atoms with Crippen LogP contribution in [0.4, 0.5) is 0 Å². The van der Waals surface area contributed by atoms with Gasteiger partial charge in [0.2, 0.25) is 0 Å². The van der Waals surface area contributed by atoms with E-state index in [1.165, 1.54) is 13.1 Å². The standard InChI is InChI=1S/C4H12AsN.2ClH/c1-3-6(5)4-2;;/h3-5H2,1-2H3;2*1H. The van der Waals surface area contributed by atoms with E-state index < -0.39 is 0 Å². The van der Waals surface area contributed by atoms with Gasteiger partial charge in [-0.05, 0) is 0 Å². The van der Waals surface area contributed by atoms with Crippen LogP contribution >= 0.6 is 24.8 Å². The molecule has 0 rings (SSSR count). The molecule has 1 atom stereocenters. The molecule has 8 heavy (non-hydrogen) atoms. The SMILES string of the molecule is CCN([AsH2])CC.Cl.Cl. The average Bonchev–Trinajstić information content (AvgIpc) is 1.65. The monoisotopic (exact) mass is 221 g/mol. The second-order valence-electron chi connectivity index (χ2n) is 1.22. The topological polar surface area (TPSA) is 3.24 Å². The van der Waals surface area contributed by atoms with Crippen LogP contribution < -0.4 is 0 Å². The number of nitrogens with zero attached hydrogens (tertiary/aromatic N) is 1. The van der Waals surface area contributed by atoms with E-state index in [0.717, 1.165) is 0 Å². The van der Waals surface area contributed by atoms with Crippen molar-refractivity contribution in [2.45, 2.75) is 13.8 Å². The van der Waals surface area contributed by atoms with Gasteiger partial charge in [-0.15, -0.1) is 24.8 Å². The summed E-state index contributed by atoms with van der Waals surface area (Å²) in [6, 6.07) is 0. The minimum atomic E-state index is 0. The molecular formula is C4H14AsCl2N. The molecule has 0 spiro atoms. The van der Waals surface area contributed by atoms with Gasteiger partial charge >= 0.3 is 47.8 Å². The molecule has 0 aromatic carbocycles. The molecule has 0 radical (unpaired) electrons. The third-order valence-electron chi connectivity index (χ3n) is 0.812. The Morgan fingerprint density at radius 2 is 1.38 bits per heavy atom. The largest absolute Gasteiger partial charge is 0.147 e. The van der Waals surface area contributed by atoms with Gasteiger partial charge in [-0.3, -0.25) is 0 Å². The van der Waals surface area contributed by atoms with Crippen molar-refractivity contribution in [3.8, 4) is 0 Å². The fraction of sp³-hybridized carbons (Fsp3) is 1.00. The second kappa shape index (κ2) is 11.0. The summed E-state index contributed by atoms with van der Waals surface area (Å²) in [5.41, 5.74) is 0. The molecule has 0 amide bonds. The molecule has 0 aliphatic rings. The first-order valence-corrected chi connectivity index (χ1v) is 3.39. The van der Waals surface area contributed by atoms with Gasteiger partial charge in [0, 0.05) is 0 Å². The third kappa shape index (κ3) is 10.2. The molecule has 0 aliphatic carbocycles. The molecule has 0 aliphatic heterocycles. The molecule has 0 fully saturated rings. The van der Waals surface area contributed by atoms with Crippen molar-refractivity contribution in [1.82, 2.24) is 3.82 Å². The molecule has 0 saturated heterocycles. The summed E-state index contributed by atoms with van der Waals surface area (Å²) >= 11 is 1.71. The quantitative estimate of drug-likeness (QED) is 0.622. The van der Waals surface area contributed by atoms with E-state index in [-0.39, 0.29) is 24.8 Å². The van der Waals surface area contributed by atoms with Crippen molar-refractivity contribution in [3.05, 3.63) is 0 Å². The van der Waals surface area contributed by atoms with Crippen LogP contribution in [-0.2, 0) is 0 Å². The Morgan fingerprint density at radius 3 is 1.38 bits per heavy atom. The molecule has 4 heteroatoms. The van der Waals surface area contributed by atoms with Crippen LogP contribution in [0.25, 0.3) is 0 Å². The maximum Gasteiger partial charge on any atom is -0.147 e. The first-order chi connectivity index (χ1) is 2.81. The summed E-state index contributed by atoms with van der Waals surface area (Å²) in [4.78, 5) is 0. The van der Waals surface area contributed by atoms with Crippen molar-refractivity contribution in [3.63, 3.8) is 0 Å². The van der Waals surface area contributed by atoms with E-state index in [1.807, 2.05) is 0 Å². The predicted molar refractivity (Wildman–Crippen MR) is 46.0 cm³/mol. The predicted octanol–water partition coefficient (Wildman–Crippen LogP) is 0.720. The first kappa shape index (κ1) is 16.0. The summed E-state index contributed by atoms with van der Waals surface area (Å²) in [7, 11) is 0. The molecular weight excluding hydrogens is 208 g/mol. The minimum Gasteiger partial charge on any atom is -0.147 e. The molecule has 1 unspecified atom stereocenters. The van der Waals surface area contributed by atoms with E-state index in [0.29, 0.717) is 0 Å². The summed E-state index contributed by atoms with van der Waals surface area (Å²) < 4.78 is 2.31. The van der Waals surface area contributed by atoms with Crippen LogP contribution in [0, 0.1) is 0 Å². The van der Waals surface area contributed by atoms with Crippen LogP contribution in [-0.4, -0.2) is 34.0 Å². The summed E-state index contributed by atoms with van der Waals surface area (Å²) in [6.07, 6.45) is 0. The van der Waals surface area contributed by atoms with Crippen molar-refractivity contribution in [1.29, 1.82) is 0 Å². The molecule has 0 aromatic rings. The zero-order valence-electron chi connectivity index (χ0n) is 5.26. The molecule has 0 bridgehead atoms. The Kier molecular flexibility index (Phi) is 22.0. The Hall–Kier alpha value is 1.10. The van der Waals surface area contributed by atoms with E-state index in [9.17, 15) is 0 Å². The number of halogens is 2. The number of rotatable bonds is 2. The van der Waals surface area contributed by atoms with Crippen LogP contribution in [0.3, 0.4) is 0 Å². The van der Waals surface area contributed by atoms with Gasteiger partial charge in [0.15, 0.2) is 0 Å². The Balaban J connectivity index is -0.000000125. The van der Waals surface area contributed by atoms with Gasteiger partial charge in [-0.2, -0.15) is 0 Å². The smallest absolute Gasteiger partial charge is 0.147 e. The van der Waals surface area contributed by atoms with Crippen LogP contribution in [0.15, 0.2) is 0 Å². The van der Waals surface area contributed by atoms with Gasteiger partial charge in [0.05, 0.1) is 0 Å². The Labute approximate surface area is 72.8 Å². The normalized spacial score (nSPS) is 7.50. The summed E-state index contributed by atoms with van der Waals surface area (Å²) in [6.45, 7) is 6.73. The first-order valence-electron chi connectivity index (χ1n) is 2.30. The van der Waals surface area contributed by atoms with Gasteiger partial charge in [-0.25, -0.2) is 0 Å². The van der Waals surface area contributed by atoms with Gasteiger partial charge in [0.1, 0.15) is 0 Å². The Morgan fingerprint density at radius 1 is 1.12 bits per heavy atom. The maximum atomic E-state index is 2.31. The van der Waals surface area contributed by atoms with Crippen LogP contribution in [0.5, 0.6) is 0 Å². The Bertz CT molecular complexity index is 33.2. The van der Waals surface area contributed by atoms with Crippen molar-refractivity contribution in [2.24, 2.45) is 0 Å². The van der Waals surface area contributed by atoms with E-state index in [1.54, 1.807) is 17.1 Å². The summed E-state index contributed by atoms with van der Waals surface area (Å²) in [5, 5.41) is 0. The number of hydrogen-bond donors (Lipinski definition) is 0. The zero-order valence-corrected chi connectivity index (χ0v) is 9.31. The van der Waals surface area contributed by atoms with E-state index in [4.69, 9.17) is 0 Å². The molecule has 0 saturated carbocycles. The fourth-order valence-electron chi connectivity index (χ4n) is 0.224. The van der Waals surface area contributed by atoms with Crippen LogP contribution in [0.1, 0.15) is 13.8 Å². The summed E-state index contributed by atoms with van der Waals surface area (Å²) in [5.74, 6) is 0. The van der Waals surface area contributed by atoms with Gasteiger partial charge in [-0.1, -0.05) is 0 Å². The van der Waals surface area contributed by atoms with E-state index >= 15 is 0 Å². The molecule has 54 valence electrons. The second-order valence-corrected chi connectivity index (χ2v) is 2.75. The molecule has 0 aromatic heterocycles. The third-order valence-corrected chi connectivity index (χ3v) is 2.34. The van der Waals surface area contributed by atoms with Crippen molar-refractivity contribution in [2.75, 3.05) is 13.1 Å². The average molecular weight is 222 g/mol. The molecule has 1 nitrogen and oxygen atoms in total. The molecule has 0 heterocycles. The fourth-order valence-corrected chi connectivity index (χ4v) is 0.224. The number of hydrogen-bond acceptors (Lipinski definition) is 1. The zero-order chi connectivity index (χ0) is 4.99. The van der Waals surface area contributed by atoms with Gasteiger partial charge in [0.25, 0.3) is 0 Å².